The Labute approximate surface area is 139 Å². The molecule has 2 rings (SSSR count). The Balaban J connectivity index is 0.00000242. The number of aliphatic hydroxyl groups is 1. The molecule has 0 bridgehead atoms. The highest BCUT2D eigenvalue weighted by Crippen LogP contribution is 2.17. The zero-order valence-electron chi connectivity index (χ0n) is 13.9. The van der Waals surface area contributed by atoms with Crippen molar-refractivity contribution in [1.82, 2.24) is 4.90 Å². The van der Waals surface area contributed by atoms with Crippen LogP contribution in [0.25, 0.3) is 0 Å². The minimum absolute atomic E-state index is 0. The van der Waals surface area contributed by atoms with E-state index >= 15 is 0 Å². The van der Waals surface area contributed by atoms with Gasteiger partial charge in [-0.05, 0) is 51.0 Å². The molecule has 4 nitrogen and oxygen atoms in total. The second-order valence-electron chi connectivity index (χ2n) is 6.19. The molecule has 0 radical (unpaired) electrons. The summed E-state index contributed by atoms with van der Waals surface area (Å²) >= 11 is 0. The molecule has 5 heteroatoms. The van der Waals surface area contributed by atoms with E-state index in [1.54, 1.807) is 0 Å². The minimum Gasteiger partial charge on any atom is -0.491 e. The number of β-amino-alcohol motifs (C(OH)–C–C–N with tert-alkyl or cyclic N) is 1. The molecule has 1 fully saturated rings. The number of rotatable bonds is 5. The van der Waals surface area contributed by atoms with Gasteiger partial charge >= 0.3 is 0 Å². The van der Waals surface area contributed by atoms with Gasteiger partial charge in [0, 0.05) is 19.6 Å². The van der Waals surface area contributed by atoms with Crippen LogP contribution in [0.2, 0.25) is 0 Å². The number of aryl methyl sites for hydroxylation is 2. The van der Waals surface area contributed by atoms with E-state index in [9.17, 15) is 5.11 Å². The Kier molecular flexibility index (Phi) is 7.63. The third-order valence-electron chi connectivity index (χ3n) is 3.88. The molecule has 1 aromatic carbocycles. The summed E-state index contributed by atoms with van der Waals surface area (Å²) in [6.45, 7) is 11.0. The summed E-state index contributed by atoms with van der Waals surface area (Å²) in [5.74, 6) is 0.820. The normalized spacial score (nSPS) is 23.7. The Bertz CT molecular complexity index is 459. The fourth-order valence-electron chi connectivity index (χ4n) is 2.78. The highest BCUT2D eigenvalue weighted by Gasteiger charge is 2.23. The zero-order valence-corrected chi connectivity index (χ0v) is 14.7. The summed E-state index contributed by atoms with van der Waals surface area (Å²) in [5.41, 5.74) is 2.46. The molecular formula is C17H28ClNO3. The third kappa shape index (κ3) is 5.76. The summed E-state index contributed by atoms with van der Waals surface area (Å²) < 4.78 is 11.4. The smallest absolute Gasteiger partial charge is 0.119 e. The molecular weight excluding hydrogens is 302 g/mol. The van der Waals surface area contributed by atoms with Gasteiger partial charge in [-0.25, -0.2) is 0 Å². The topological polar surface area (TPSA) is 41.9 Å². The number of aliphatic hydroxyl groups excluding tert-OH is 1. The largest absolute Gasteiger partial charge is 0.491 e. The summed E-state index contributed by atoms with van der Waals surface area (Å²) in [4.78, 5) is 2.24. The van der Waals surface area contributed by atoms with Gasteiger partial charge in [-0.15, -0.1) is 12.4 Å². The van der Waals surface area contributed by atoms with Crippen LogP contribution in [-0.4, -0.2) is 54.6 Å². The Morgan fingerprint density at radius 3 is 2.45 bits per heavy atom. The molecule has 3 unspecified atom stereocenters. The number of nitrogens with zero attached hydrogens (tertiary/aromatic N) is 1. The van der Waals surface area contributed by atoms with Crippen LogP contribution in [0, 0.1) is 13.8 Å². The minimum atomic E-state index is -0.482. The van der Waals surface area contributed by atoms with E-state index in [-0.39, 0.29) is 24.6 Å². The van der Waals surface area contributed by atoms with Gasteiger partial charge in [-0.1, -0.05) is 6.07 Å². The van der Waals surface area contributed by atoms with Crippen molar-refractivity contribution in [2.75, 3.05) is 26.2 Å². The predicted octanol–water partition coefficient (Wildman–Crippen LogP) is 2.57. The summed E-state index contributed by atoms with van der Waals surface area (Å²) in [6, 6.07) is 6.01. The van der Waals surface area contributed by atoms with E-state index in [2.05, 4.69) is 32.6 Å². The third-order valence-corrected chi connectivity index (χ3v) is 3.88. The molecule has 0 spiro atoms. The molecule has 1 aromatic rings. The molecule has 0 amide bonds. The van der Waals surface area contributed by atoms with Crippen molar-refractivity contribution in [3.05, 3.63) is 29.3 Å². The Morgan fingerprint density at radius 2 is 1.86 bits per heavy atom. The molecule has 3 atom stereocenters. The number of hydrogen-bond donors (Lipinski definition) is 1. The summed E-state index contributed by atoms with van der Waals surface area (Å²) in [5, 5.41) is 10.2. The van der Waals surface area contributed by atoms with Gasteiger partial charge in [0.05, 0.1) is 12.2 Å². The van der Waals surface area contributed by atoms with Crippen LogP contribution in [0.3, 0.4) is 0 Å². The highest BCUT2D eigenvalue weighted by molar-refractivity contribution is 5.85. The first-order valence-corrected chi connectivity index (χ1v) is 7.70. The van der Waals surface area contributed by atoms with Crippen LogP contribution in [0.1, 0.15) is 25.0 Å². The second kappa shape index (κ2) is 8.73. The van der Waals surface area contributed by atoms with Crippen molar-refractivity contribution in [2.24, 2.45) is 0 Å². The lowest BCUT2D eigenvalue weighted by atomic mass is 10.1. The molecule has 1 aliphatic rings. The summed E-state index contributed by atoms with van der Waals surface area (Å²) in [6.07, 6.45) is -0.0349. The average molecular weight is 330 g/mol. The van der Waals surface area contributed by atoms with Gasteiger partial charge in [0.1, 0.15) is 18.5 Å². The SMILES string of the molecule is Cc1ccc(OCC(O)CN2CC(C)OC(C)C2)cc1C.Cl. The second-order valence-corrected chi connectivity index (χ2v) is 6.19. The molecule has 0 aliphatic carbocycles. The number of morpholine rings is 1. The van der Waals surface area contributed by atoms with Crippen molar-refractivity contribution in [1.29, 1.82) is 0 Å². The van der Waals surface area contributed by atoms with E-state index in [1.165, 1.54) is 11.1 Å². The first kappa shape index (κ1) is 19.2. The molecule has 0 saturated carbocycles. The van der Waals surface area contributed by atoms with Crippen molar-refractivity contribution in [3.8, 4) is 5.75 Å². The molecule has 1 aliphatic heterocycles. The fourth-order valence-corrected chi connectivity index (χ4v) is 2.78. The quantitative estimate of drug-likeness (QED) is 0.901. The molecule has 1 heterocycles. The fraction of sp³-hybridized carbons (Fsp3) is 0.647. The van der Waals surface area contributed by atoms with E-state index in [4.69, 9.17) is 9.47 Å². The summed E-state index contributed by atoms with van der Waals surface area (Å²) in [7, 11) is 0. The number of hydrogen-bond acceptors (Lipinski definition) is 4. The highest BCUT2D eigenvalue weighted by atomic mass is 35.5. The van der Waals surface area contributed by atoms with Gasteiger partial charge < -0.3 is 14.6 Å². The zero-order chi connectivity index (χ0) is 15.4. The Morgan fingerprint density at radius 1 is 1.23 bits per heavy atom. The van der Waals surface area contributed by atoms with Crippen LogP contribution in [0.4, 0.5) is 0 Å². The Hall–Kier alpha value is -0.810. The maximum Gasteiger partial charge on any atom is 0.119 e. The first-order chi connectivity index (χ1) is 9.94. The molecule has 1 N–H and O–H groups in total. The van der Waals surface area contributed by atoms with Crippen LogP contribution < -0.4 is 4.74 Å². The van der Waals surface area contributed by atoms with Crippen LogP contribution >= 0.6 is 12.4 Å². The van der Waals surface area contributed by atoms with Gasteiger partial charge in [0.2, 0.25) is 0 Å². The van der Waals surface area contributed by atoms with Gasteiger partial charge in [0.15, 0.2) is 0 Å². The van der Waals surface area contributed by atoms with Gasteiger partial charge in [0.25, 0.3) is 0 Å². The standard InChI is InChI=1S/C17H27NO3.ClH/c1-12-5-6-17(7-13(12)2)20-11-16(19)10-18-8-14(3)21-15(4)9-18;/h5-7,14-16,19H,8-11H2,1-4H3;1H. The average Bonchev–Trinajstić information content (AvgIpc) is 2.39. The number of halogens is 1. The van der Waals surface area contributed by atoms with Crippen LogP contribution in [0.15, 0.2) is 18.2 Å². The lowest BCUT2D eigenvalue weighted by Crippen LogP contribution is -2.48. The van der Waals surface area contributed by atoms with E-state index in [0.717, 1.165) is 18.8 Å². The predicted molar refractivity (Wildman–Crippen MR) is 91.1 cm³/mol. The molecule has 126 valence electrons. The van der Waals surface area contributed by atoms with E-state index in [0.29, 0.717) is 13.2 Å². The molecule has 1 saturated heterocycles. The van der Waals surface area contributed by atoms with E-state index < -0.39 is 6.10 Å². The lowest BCUT2D eigenvalue weighted by Gasteiger charge is -2.36. The van der Waals surface area contributed by atoms with E-state index in [1.807, 2.05) is 18.2 Å². The maximum absolute atomic E-state index is 10.2. The maximum atomic E-state index is 10.2. The first-order valence-electron chi connectivity index (χ1n) is 7.70. The number of ether oxygens (including phenoxy) is 2. The number of benzene rings is 1. The van der Waals surface area contributed by atoms with Crippen molar-refractivity contribution < 1.29 is 14.6 Å². The molecule has 0 aromatic heterocycles. The monoisotopic (exact) mass is 329 g/mol. The van der Waals surface area contributed by atoms with Crippen molar-refractivity contribution in [3.63, 3.8) is 0 Å². The van der Waals surface area contributed by atoms with Crippen molar-refractivity contribution in [2.45, 2.75) is 46.0 Å². The van der Waals surface area contributed by atoms with Crippen LogP contribution in [0.5, 0.6) is 5.75 Å². The van der Waals surface area contributed by atoms with Crippen LogP contribution in [-0.2, 0) is 4.74 Å². The van der Waals surface area contributed by atoms with Crippen molar-refractivity contribution >= 4 is 12.4 Å². The van der Waals surface area contributed by atoms with Gasteiger partial charge in [-0.2, -0.15) is 0 Å². The lowest BCUT2D eigenvalue weighted by molar-refractivity contribution is -0.0786. The molecule has 22 heavy (non-hydrogen) atoms. The van der Waals surface area contributed by atoms with Gasteiger partial charge in [-0.3, -0.25) is 4.90 Å².